The first-order chi connectivity index (χ1) is 11.9. The molecule has 0 radical (unpaired) electrons. The van der Waals surface area contributed by atoms with Crippen molar-refractivity contribution in [2.45, 2.75) is 59.8 Å². The van der Waals surface area contributed by atoms with Gasteiger partial charge >= 0.3 is 0 Å². The summed E-state index contributed by atoms with van der Waals surface area (Å²) in [6, 6.07) is 1.80. The number of aryl methyl sites for hydroxylation is 2. The molecule has 1 aromatic rings. The van der Waals surface area contributed by atoms with Gasteiger partial charge in [-0.15, -0.1) is 0 Å². The maximum Gasteiger partial charge on any atom is 0.257 e. The van der Waals surface area contributed by atoms with Crippen LogP contribution in [0.2, 0.25) is 0 Å². The fourth-order valence-corrected chi connectivity index (χ4v) is 3.27. The Morgan fingerprint density at radius 3 is 2.40 bits per heavy atom. The van der Waals surface area contributed by atoms with Crippen molar-refractivity contribution < 1.29 is 14.0 Å². The fourth-order valence-electron chi connectivity index (χ4n) is 3.27. The maximum absolute atomic E-state index is 12.9. The highest BCUT2D eigenvalue weighted by atomic mass is 16.3. The van der Waals surface area contributed by atoms with Gasteiger partial charge in [0.2, 0.25) is 5.91 Å². The highest BCUT2D eigenvalue weighted by molar-refractivity contribution is 5.95. The number of piperidine rings is 1. The standard InChI is InChI=1S/C20H32N2O3/c1-15(2)8-12-22(20(24)18-14-16(3)25-17(18)4)13-9-19(23)21-10-6-5-7-11-21/h14-15H,5-13H2,1-4H3. The Labute approximate surface area is 151 Å². The summed E-state index contributed by atoms with van der Waals surface area (Å²) in [5.74, 6) is 2.05. The van der Waals surface area contributed by atoms with Crippen LogP contribution in [0, 0.1) is 19.8 Å². The lowest BCUT2D eigenvalue weighted by Crippen LogP contribution is -2.40. The molecule has 0 saturated carbocycles. The van der Waals surface area contributed by atoms with E-state index in [-0.39, 0.29) is 11.8 Å². The lowest BCUT2D eigenvalue weighted by atomic mass is 10.1. The molecule has 1 aliphatic rings. The second-order valence-electron chi connectivity index (χ2n) is 7.49. The number of carbonyl (C=O) groups excluding carboxylic acids is 2. The van der Waals surface area contributed by atoms with Crippen LogP contribution in [-0.2, 0) is 4.79 Å². The molecule has 140 valence electrons. The molecule has 1 aliphatic heterocycles. The molecule has 25 heavy (non-hydrogen) atoms. The molecule has 0 N–H and O–H groups in total. The fraction of sp³-hybridized carbons (Fsp3) is 0.700. The van der Waals surface area contributed by atoms with Gasteiger partial charge in [-0.25, -0.2) is 0 Å². The summed E-state index contributed by atoms with van der Waals surface area (Å²) in [5.41, 5.74) is 0.617. The van der Waals surface area contributed by atoms with E-state index in [2.05, 4.69) is 13.8 Å². The van der Waals surface area contributed by atoms with E-state index in [1.165, 1.54) is 6.42 Å². The molecular formula is C20H32N2O3. The summed E-state index contributed by atoms with van der Waals surface area (Å²) in [6.45, 7) is 10.8. The van der Waals surface area contributed by atoms with Gasteiger partial charge in [-0.1, -0.05) is 13.8 Å². The average molecular weight is 348 g/mol. The van der Waals surface area contributed by atoms with Crippen LogP contribution in [-0.4, -0.2) is 47.8 Å². The summed E-state index contributed by atoms with van der Waals surface area (Å²) < 4.78 is 5.51. The molecule has 2 heterocycles. The van der Waals surface area contributed by atoms with Crippen molar-refractivity contribution in [2.24, 2.45) is 5.92 Å². The minimum Gasteiger partial charge on any atom is -0.466 e. The molecule has 5 heteroatoms. The van der Waals surface area contributed by atoms with Crippen molar-refractivity contribution in [3.63, 3.8) is 0 Å². The van der Waals surface area contributed by atoms with E-state index < -0.39 is 0 Å². The largest absolute Gasteiger partial charge is 0.466 e. The Balaban J connectivity index is 2.00. The number of rotatable bonds is 7. The van der Waals surface area contributed by atoms with E-state index in [4.69, 9.17) is 4.42 Å². The van der Waals surface area contributed by atoms with E-state index in [1.54, 1.807) is 6.07 Å². The van der Waals surface area contributed by atoms with Crippen molar-refractivity contribution in [3.8, 4) is 0 Å². The number of carbonyl (C=O) groups is 2. The predicted molar refractivity (Wildman–Crippen MR) is 98.6 cm³/mol. The third-order valence-corrected chi connectivity index (χ3v) is 4.84. The summed E-state index contributed by atoms with van der Waals surface area (Å²) in [5, 5.41) is 0. The lowest BCUT2D eigenvalue weighted by Gasteiger charge is -2.28. The Hall–Kier alpha value is -1.78. The van der Waals surface area contributed by atoms with Crippen LogP contribution in [0.3, 0.4) is 0 Å². The first kappa shape index (κ1) is 19.5. The van der Waals surface area contributed by atoms with Gasteiger partial charge in [-0.05, 0) is 51.5 Å². The molecule has 1 saturated heterocycles. The summed E-state index contributed by atoms with van der Waals surface area (Å²) in [6.07, 6.45) is 4.73. The Bertz CT molecular complexity index is 586. The third kappa shape index (κ3) is 5.62. The SMILES string of the molecule is Cc1cc(C(=O)N(CCC(=O)N2CCCCC2)CCC(C)C)c(C)o1. The van der Waals surface area contributed by atoms with E-state index in [0.29, 0.717) is 36.8 Å². The van der Waals surface area contributed by atoms with Crippen molar-refractivity contribution in [1.29, 1.82) is 0 Å². The van der Waals surface area contributed by atoms with E-state index in [9.17, 15) is 9.59 Å². The molecular weight excluding hydrogens is 316 g/mol. The molecule has 1 fully saturated rings. The molecule has 0 aromatic carbocycles. The molecule has 0 aliphatic carbocycles. The minimum absolute atomic E-state index is 0.0264. The summed E-state index contributed by atoms with van der Waals surface area (Å²) in [7, 11) is 0. The zero-order valence-electron chi connectivity index (χ0n) is 16.1. The molecule has 1 aromatic heterocycles. The molecule has 0 atom stereocenters. The van der Waals surface area contributed by atoms with Crippen molar-refractivity contribution in [1.82, 2.24) is 9.80 Å². The van der Waals surface area contributed by atoms with E-state index >= 15 is 0 Å². The zero-order chi connectivity index (χ0) is 18.4. The predicted octanol–water partition coefficient (Wildman–Crippen LogP) is 3.79. The molecule has 2 amide bonds. The highest BCUT2D eigenvalue weighted by Crippen LogP contribution is 2.18. The highest BCUT2D eigenvalue weighted by Gasteiger charge is 2.23. The van der Waals surface area contributed by atoms with Gasteiger partial charge in [0.05, 0.1) is 5.56 Å². The molecule has 2 rings (SSSR count). The van der Waals surface area contributed by atoms with Gasteiger partial charge < -0.3 is 14.2 Å². The minimum atomic E-state index is -0.0264. The van der Waals surface area contributed by atoms with Crippen molar-refractivity contribution in [3.05, 3.63) is 23.2 Å². The zero-order valence-corrected chi connectivity index (χ0v) is 16.1. The first-order valence-electron chi connectivity index (χ1n) is 9.52. The van der Waals surface area contributed by atoms with Crippen LogP contribution < -0.4 is 0 Å². The first-order valence-corrected chi connectivity index (χ1v) is 9.52. The summed E-state index contributed by atoms with van der Waals surface area (Å²) in [4.78, 5) is 29.1. The smallest absolute Gasteiger partial charge is 0.257 e. The van der Waals surface area contributed by atoms with Gasteiger partial charge in [0.25, 0.3) is 5.91 Å². The summed E-state index contributed by atoms with van der Waals surface area (Å²) >= 11 is 0. The maximum atomic E-state index is 12.9. The van der Waals surface area contributed by atoms with Crippen LogP contribution in [0.4, 0.5) is 0 Å². The van der Waals surface area contributed by atoms with Crippen LogP contribution in [0.1, 0.15) is 67.8 Å². The Morgan fingerprint density at radius 1 is 1.16 bits per heavy atom. The second kappa shape index (κ2) is 9.07. The van der Waals surface area contributed by atoms with Crippen molar-refractivity contribution >= 4 is 11.8 Å². The second-order valence-corrected chi connectivity index (χ2v) is 7.49. The monoisotopic (exact) mass is 348 g/mol. The number of furan rings is 1. The number of amides is 2. The van der Waals surface area contributed by atoms with Crippen LogP contribution in [0.5, 0.6) is 0 Å². The molecule has 0 bridgehead atoms. The molecule has 0 spiro atoms. The average Bonchev–Trinajstić information content (AvgIpc) is 2.93. The Morgan fingerprint density at radius 2 is 1.84 bits per heavy atom. The number of likely N-dealkylation sites (tertiary alicyclic amines) is 1. The van der Waals surface area contributed by atoms with Gasteiger partial charge in [-0.3, -0.25) is 9.59 Å². The van der Waals surface area contributed by atoms with Crippen LogP contribution in [0.25, 0.3) is 0 Å². The van der Waals surface area contributed by atoms with E-state index in [1.807, 2.05) is 23.6 Å². The number of nitrogens with zero attached hydrogens (tertiary/aromatic N) is 2. The number of hydrogen-bond donors (Lipinski definition) is 0. The van der Waals surface area contributed by atoms with E-state index in [0.717, 1.165) is 38.1 Å². The normalized spacial score (nSPS) is 14.8. The molecule has 5 nitrogen and oxygen atoms in total. The quantitative estimate of drug-likeness (QED) is 0.753. The lowest BCUT2D eigenvalue weighted by molar-refractivity contribution is -0.132. The Kier molecular flexibility index (Phi) is 7.09. The number of hydrogen-bond acceptors (Lipinski definition) is 3. The topological polar surface area (TPSA) is 53.8 Å². The van der Waals surface area contributed by atoms with Gasteiger partial charge in [0, 0.05) is 32.6 Å². The van der Waals surface area contributed by atoms with Crippen molar-refractivity contribution in [2.75, 3.05) is 26.2 Å². The van der Waals surface area contributed by atoms with Gasteiger partial charge in [0.1, 0.15) is 11.5 Å². The van der Waals surface area contributed by atoms with Crippen LogP contribution in [0.15, 0.2) is 10.5 Å². The third-order valence-electron chi connectivity index (χ3n) is 4.84. The molecule has 0 unspecified atom stereocenters. The van der Waals surface area contributed by atoms with Gasteiger partial charge in [-0.2, -0.15) is 0 Å². The van der Waals surface area contributed by atoms with Gasteiger partial charge in [0.15, 0.2) is 0 Å². The van der Waals surface area contributed by atoms with Crippen LogP contribution >= 0.6 is 0 Å².